The van der Waals surface area contributed by atoms with Gasteiger partial charge in [0.1, 0.15) is 5.82 Å². The Labute approximate surface area is 132 Å². The molecule has 118 valence electrons. The highest BCUT2D eigenvalue weighted by atomic mass is 16.4. The van der Waals surface area contributed by atoms with Crippen molar-refractivity contribution in [1.29, 1.82) is 0 Å². The molecule has 2 heterocycles. The number of aryl methyl sites for hydroxylation is 2. The normalized spacial score (nSPS) is 10.9. The summed E-state index contributed by atoms with van der Waals surface area (Å²) in [6, 6.07) is 5.68. The highest BCUT2D eigenvalue weighted by Gasteiger charge is 2.12. The van der Waals surface area contributed by atoms with E-state index in [1.165, 1.54) is 10.9 Å². The van der Waals surface area contributed by atoms with Gasteiger partial charge in [0.25, 0.3) is 0 Å². The molecule has 0 unspecified atom stereocenters. The van der Waals surface area contributed by atoms with Crippen LogP contribution in [0.4, 0.5) is 5.82 Å². The molecule has 2 aromatic heterocycles. The van der Waals surface area contributed by atoms with E-state index in [0.29, 0.717) is 23.9 Å². The van der Waals surface area contributed by atoms with Gasteiger partial charge in [-0.25, -0.2) is 9.78 Å². The average molecular weight is 311 g/mol. The van der Waals surface area contributed by atoms with Gasteiger partial charge in [-0.3, -0.25) is 4.98 Å². The van der Waals surface area contributed by atoms with E-state index in [1.54, 1.807) is 6.20 Å². The Bertz CT molecular complexity index is 880. The van der Waals surface area contributed by atoms with Gasteiger partial charge in [0.2, 0.25) is 5.89 Å². The van der Waals surface area contributed by atoms with Gasteiger partial charge < -0.3 is 10.2 Å². The van der Waals surface area contributed by atoms with Crippen molar-refractivity contribution in [3.63, 3.8) is 0 Å². The quantitative estimate of drug-likeness (QED) is 0.793. The number of rotatable bonds is 4. The summed E-state index contributed by atoms with van der Waals surface area (Å²) in [5, 5.41) is 4.23. The molecule has 0 aliphatic rings. The summed E-state index contributed by atoms with van der Waals surface area (Å²) < 4.78 is 6.57. The molecule has 1 aromatic carbocycles. The molecule has 0 amide bonds. The Morgan fingerprint density at radius 1 is 1.26 bits per heavy atom. The fraction of sp³-hybridized carbons (Fsp3) is 0.250. The molecule has 0 fully saturated rings. The summed E-state index contributed by atoms with van der Waals surface area (Å²) in [6.07, 6.45) is 3.94. The third-order valence-corrected chi connectivity index (χ3v) is 3.47. The van der Waals surface area contributed by atoms with Gasteiger partial charge in [0.05, 0.1) is 18.1 Å². The SMILES string of the molecule is CCCn1nc(-c2ccc(C)c(-c3cnc(N)cn3)c2)oc1=O. The molecule has 0 saturated carbocycles. The van der Waals surface area contributed by atoms with Gasteiger partial charge in [-0.15, -0.1) is 5.10 Å². The minimum atomic E-state index is -0.448. The van der Waals surface area contributed by atoms with E-state index in [2.05, 4.69) is 15.1 Å². The number of nitrogen functional groups attached to an aromatic ring is 1. The summed E-state index contributed by atoms with van der Waals surface area (Å²) >= 11 is 0. The number of hydrogen-bond donors (Lipinski definition) is 1. The van der Waals surface area contributed by atoms with Crippen molar-refractivity contribution in [3.05, 3.63) is 46.7 Å². The van der Waals surface area contributed by atoms with Gasteiger partial charge >= 0.3 is 5.76 Å². The lowest BCUT2D eigenvalue weighted by Gasteiger charge is -2.06. The topological polar surface area (TPSA) is 99.8 Å². The number of anilines is 1. The molecule has 0 aliphatic heterocycles. The Hall–Kier alpha value is -2.96. The molecular weight excluding hydrogens is 294 g/mol. The van der Waals surface area contributed by atoms with Gasteiger partial charge in [0, 0.05) is 17.7 Å². The Balaban J connectivity index is 2.05. The fourth-order valence-corrected chi connectivity index (χ4v) is 2.28. The van der Waals surface area contributed by atoms with Crippen LogP contribution in [-0.4, -0.2) is 19.7 Å². The molecule has 0 aliphatic carbocycles. The third kappa shape index (κ3) is 2.98. The monoisotopic (exact) mass is 311 g/mol. The number of hydrogen-bond acceptors (Lipinski definition) is 6. The minimum absolute atomic E-state index is 0.299. The van der Waals surface area contributed by atoms with Crippen molar-refractivity contribution in [2.75, 3.05) is 5.73 Å². The second-order valence-corrected chi connectivity index (χ2v) is 5.25. The van der Waals surface area contributed by atoms with E-state index >= 15 is 0 Å². The number of nitrogens with zero attached hydrogens (tertiary/aromatic N) is 4. The predicted molar refractivity (Wildman–Crippen MR) is 86.7 cm³/mol. The Morgan fingerprint density at radius 2 is 2.09 bits per heavy atom. The van der Waals surface area contributed by atoms with Crippen LogP contribution in [0.15, 0.2) is 39.8 Å². The maximum Gasteiger partial charge on any atom is 0.437 e. The lowest BCUT2D eigenvalue weighted by molar-refractivity contribution is 0.479. The molecule has 3 aromatic rings. The first-order valence-corrected chi connectivity index (χ1v) is 7.35. The maximum absolute atomic E-state index is 11.8. The molecule has 0 saturated heterocycles. The second-order valence-electron chi connectivity index (χ2n) is 5.25. The largest absolute Gasteiger partial charge is 0.437 e. The van der Waals surface area contributed by atoms with Crippen molar-refractivity contribution < 1.29 is 4.42 Å². The van der Waals surface area contributed by atoms with E-state index < -0.39 is 5.76 Å². The Kier molecular flexibility index (Phi) is 3.92. The van der Waals surface area contributed by atoms with E-state index in [1.807, 2.05) is 32.0 Å². The van der Waals surface area contributed by atoms with Crippen LogP contribution < -0.4 is 11.5 Å². The first-order chi connectivity index (χ1) is 11.1. The standard InChI is InChI=1S/C16H17N5O2/c1-3-6-21-16(22)23-15(20-21)11-5-4-10(2)12(7-11)13-8-19-14(17)9-18-13/h4-5,7-9H,3,6H2,1-2H3,(H2,17,19). The minimum Gasteiger partial charge on any atom is -0.388 e. The van der Waals surface area contributed by atoms with E-state index in [9.17, 15) is 4.79 Å². The van der Waals surface area contributed by atoms with Crippen molar-refractivity contribution in [1.82, 2.24) is 19.7 Å². The summed E-state index contributed by atoms with van der Waals surface area (Å²) in [7, 11) is 0. The van der Waals surface area contributed by atoms with Crippen molar-refractivity contribution in [2.45, 2.75) is 26.8 Å². The van der Waals surface area contributed by atoms with Crippen LogP contribution >= 0.6 is 0 Å². The van der Waals surface area contributed by atoms with E-state index in [0.717, 1.165) is 23.1 Å². The Morgan fingerprint density at radius 3 is 2.78 bits per heavy atom. The summed E-state index contributed by atoms with van der Waals surface area (Å²) in [5.41, 5.74) is 8.92. The van der Waals surface area contributed by atoms with Crippen molar-refractivity contribution in [3.8, 4) is 22.7 Å². The summed E-state index contributed by atoms with van der Waals surface area (Å²) in [6.45, 7) is 4.48. The van der Waals surface area contributed by atoms with Crippen LogP contribution in [0.25, 0.3) is 22.7 Å². The first kappa shape index (κ1) is 15.0. The average Bonchev–Trinajstić information content (AvgIpc) is 2.90. The van der Waals surface area contributed by atoms with Crippen LogP contribution in [0.3, 0.4) is 0 Å². The zero-order chi connectivity index (χ0) is 16.4. The van der Waals surface area contributed by atoms with Crippen LogP contribution in [0, 0.1) is 6.92 Å². The summed E-state index contributed by atoms with van der Waals surface area (Å²) in [5.74, 6) is 0.219. The fourth-order valence-electron chi connectivity index (χ4n) is 2.28. The van der Waals surface area contributed by atoms with Crippen LogP contribution in [0.5, 0.6) is 0 Å². The van der Waals surface area contributed by atoms with Crippen LogP contribution in [0.2, 0.25) is 0 Å². The number of aromatic nitrogens is 4. The van der Waals surface area contributed by atoms with Gasteiger partial charge in [0.15, 0.2) is 0 Å². The number of nitrogens with two attached hydrogens (primary N) is 1. The zero-order valence-electron chi connectivity index (χ0n) is 13.0. The lowest BCUT2D eigenvalue weighted by atomic mass is 10.0. The lowest BCUT2D eigenvalue weighted by Crippen LogP contribution is -2.15. The molecule has 7 nitrogen and oxygen atoms in total. The maximum atomic E-state index is 11.8. The van der Waals surface area contributed by atoms with Gasteiger partial charge in [-0.1, -0.05) is 13.0 Å². The predicted octanol–water partition coefficient (Wildman–Crippen LogP) is 2.26. The van der Waals surface area contributed by atoms with Gasteiger partial charge in [-0.05, 0) is 31.0 Å². The van der Waals surface area contributed by atoms with Gasteiger partial charge in [-0.2, -0.15) is 4.68 Å². The molecule has 3 rings (SSSR count). The molecular formula is C16H17N5O2. The molecule has 0 radical (unpaired) electrons. The molecule has 7 heteroatoms. The number of benzene rings is 1. The van der Waals surface area contributed by atoms with Crippen molar-refractivity contribution in [2.24, 2.45) is 0 Å². The van der Waals surface area contributed by atoms with E-state index in [4.69, 9.17) is 10.2 Å². The zero-order valence-corrected chi connectivity index (χ0v) is 13.0. The second kappa shape index (κ2) is 6.04. The van der Waals surface area contributed by atoms with E-state index in [-0.39, 0.29) is 0 Å². The molecule has 0 spiro atoms. The highest BCUT2D eigenvalue weighted by molar-refractivity contribution is 5.70. The molecule has 2 N–H and O–H groups in total. The molecule has 0 atom stereocenters. The smallest absolute Gasteiger partial charge is 0.388 e. The van der Waals surface area contributed by atoms with Crippen LogP contribution in [0.1, 0.15) is 18.9 Å². The highest BCUT2D eigenvalue weighted by Crippen LogP contribution is 2.26. The molecule has 23 heavy (non-hydrogen) atoms. The molecule has 0 bridgehead atoms. The van der Waals surface area contributed by atoms with Crippen LogP contribution in [-0.2, 0) is 6.54 Å². The first-order valence-electron chi connectivity index (χ1n) is 7.35. The van der Waals surface area contributed by atoms with Crippen molar-refractivity contribution >= 4 is 5.82 Å². The third-order valence-electron chi connectivity index (χ3n) is 3.47. The summed E-state index contributed by atoms with van der Waals surface area (Å²) in [4.78, 5) is 20.1.